The van der Waals surface area contributed by atoms with Gasteiger partial charge in [-0.3, -0.25) is 19.9 Å². The number of hydrogen-bond donors (Lipinski definition) is 2. The molecule has 0 aliphatic rings. The normalized spacial score (nSPS) is 9.19. The molecule has 0 bridgehead atoms. The Kier molecular flexibility index (Phi) is 14.9. The Morgan fingerprint density at radius 1 is 0.703 bits per heavy atom. The summed E-state index contributed by atoms with van der Waals surface area (Å²) in [6.07, 6.45) is 5.81. The second-order valence-electron chi connectivity index (χ2n) is 5.93. The molecule has 13 heteroatoms. The molecule has 0 aliphatic carbocycles. The van der Waals surface area contributed by atoms with Gasteiger partial charge < -0.3 is 21.0 Å². The first-order chi connectivity index (χ1) is 18.2. The van der Waals surface area contributed by atoms with Crippen LogP contribution in [0.4, 0.5) is 0 Å². The van der Waals surface area contributed by atoms with Crippen molar-refractivity contribution in [2.75, 3.05) is 0 Å². The number of nitrogens with zero attached hydrogens (tertiary/aromatic N) is 6. The zero-order chi connectivity index (χ0) is 28.5. The molecule has 10 nitrogen and oxygen atoms in total. The summed E-state index contributed by atoms with van der Waals surface area (Å²) < 4.78 is 14.9. The number of hydrogen-bond acceptors (Lipinski definition) is 8. The van der Waals surface area contributed by atoms with E-state index in [1.165, 1.54) is 71.5 Å². The van der Waals surface area contributed by atoms with Crippen LogP contribution in [0, 0.1) is 0 Å². The van der Waals surface area contributed by atoms with Gasteiger partial charge >= 0.3 is 31.4 Å². The summed E-state index contributed by atoms with van der Waals surface area (Å²) in [6, 6.07) is 12.5. The molecule has 0 saturated carbocycles. The van der Waals surface area contributed by atoms with Gasteiger partial charge in [0.15, 0.2) is 0 Å². The van der Waals surface area contributed by atoms with E-state index in [1.807, 2.05) is 0 Å². The molecule has 0 aromatic carbocycles. The molecule has 4 rings (SSSR count). The molecule has 0 radical (unpaired) electrons. The van der Waals surface area contributed by atoms with Gasteiger partial charge in [-0.2, -0.15) is 10.3 Å². The van der Waals surface area contributed by atoms with Crippen molar-refractivity contribution in [2.45, 2.75) is 0 Å². The Morgan fingerprint density at radius 3 is 1.32 bits per heavy atom. The predicted molar refractivity (Wildman–Crippen MR) is 141 cm³/mol. The summed E-state index contributed by atoms with van der Waals surface area (Å²) in [7, 11) is 0. The zero-order valence-electron chi connectivity index (χ0n) is 20.5. The van der Waals surface area contributed by atoms with Crippen molar-refractivity contribution in [2.24, 2.45) is 0 Å². The largest absolute Gasteiger partial charge is 2.00 e. The summed E-state index contributed by atoms with van der Waals surface area (Å²) in [5.41, 5.74) is 2.21. The van der Waals surface area contributed by atoms with E-state index in [2.05, 4.69) is 44.4 Å². The van der Waals surface area contributed by atoms with Gasteiger partial charge in [-0.05, 0) is 48.5 Å². The molecule has 0 spiro atoms. The number of aromatic nitrogens is 4. The van der Waals surface area contributed by atoms with E-state index < -0.39 is 11.9 Å². The molecule has 4 heterocycles. The van der Waals surface area contributed by atoms with Gasteiger partial charge in [-0.1, -0.05) is 36.5 Å². The van der Waals surface area contributed by atoms with Gasteiger partial charge in [0.2, 0.25) is 0 Å². The minimum absolute atomic E-state index is 0. The van der Waals surface area contributed by atoms with Gasteiger partial charge in [-0.15, -0.1) is 0 Å². The third-order valence-electron chi connectivity index (χ3n) is 3.75. The SMILES string of the molecule is [3H]c1ccnc(-c2cc(C(=O)O)ccn2)c1.[3H]c1ccnc(-c2cc(C(=O)O)ccn2)c1.[N-]=C=S.[N-]=C=S.[Ru+2]. The van der Waals surface area contributed by atoms with E-state index in [0.717, 1.165) is 0 Å². The van der Waals surface area contributed by atoms with E-state index in [9.17, 15) is 9.59 Å². The summed E-state index contributed by atoms with van der Waals surface area (Å²) in [5, 5.41) is 34.6. The van der Waals surface area contributed by atoms with Crippen molar-refractivity contribution in [1.82, 2.24) is 19.9 Å². The first-order valence-electron chi connectivity index (χ1n) is 10.4. The number of rotatable bonds is 4. The predicted octanol–water partition coefficient (Wildman–Crippen LogP) is 5.00. The van der Waals surface area contributed by atoms with Crippen LogP contribution in [0.3, 0.4) is 0 Å². The fourth-order valence-corrected chi connectivity index (χ4v) is 2.34. The van der Waals surface area contributed by atoms with Crippen LogP contribution in [0.2, 0.25) is 0 Å². The van der Waals surface area contributed by atoms with Crippen LogP contribution in [-0.4, -0.2) is 52.4 Å². The van der Waals surface area contributed by atoms with E-state index in [1.54, 1.807) is 12.1 Å². The molecule has 0 amide bonds. The molecule has 0 aliphatic heterocycles. The van der Waals surface area contributed by atoms with Gasteiger partial charge in [-0.25, -0.2) is 9.59 Å². The van der Waals surface area contributed by atoms with E-state index in [-0.39, 0.29) is 30.6 Å². The van der Waals surface area contributed by atoms with Crippen molar-refractivity contribution in [1.29, 1.82) is 0 Å². The van der Waals surface area contributed by atoms with Crippen molar-refractivity contribution in [3.63, 3.8) is 0 Å². The van der Waals surface area contributed by atoms with Crippen LogP contribution in [0.1, 0.15) is 23.5 Å². The molecule has 2 N–H and O–H groups in total. The Balaban J connectivity index is 0.000000604. The van der Waals surface area contributed by atoms with E-state index in [4.69, 9.17) is 23.8 Å². The third-order valence-corrected chi connectivity index (χ3v) is 3.75. The Morgan fingerprint density at radius 2 is 1.03 bits per heavy atom. The van der Waals surface area contributed by atoms with Crippen LogP contribution in [-0.2, 0) is 19.5 Å². The molecular weight excluding hydrogens is 602 g/mol. The average Bonchev–Trinajstić information content (AvgIpc) is 2.90. The Hall–Kier alpha value is -4.24. The fourth-order valence-electron chi connectivity index (χ4n) is 2.34. The van der Waals surface area contributed by atoms with E-state index >= 15 is 0 Å². The molecule has 4 aromatic heterocycles. The van der Waals surface area contributed by atoms with Crippen LogP contribution in [0.5, 0.6) is 0 Å². The van der Waals surface area contributed by atoms with Gasteiger partial charge in [0.25, 0.3) is 0 Å². The maximum absolute atomic E-state index is 10.8. The average molecular weight is 622 g/mol. The third kappa shape index (κ3) is 12.3. The summed E-state index contributed by atoms with van der Waals surface area (Å²) in [5.74, 6) is -2.02. The molecule has 0 fully saturated rings. The van der Waals surface area contributed by atoms with Gasteiger partial charge in [0, 0.05) is 24.8 Å². The Bertz CT molecular complexity index is 1370. The molecule has 0 unspecified atom stereocenters. The molecule has 4 aromatic rings. The van der Waals surface area contributed by atoms with Crippen molar-refractivity contribution < 1.29 is 42.0 Å². The maximum Gasteiger partial charge on any atom is 2.00 e. The second kappa shape index (κ2) is 19.0. The van der Waals surface area contributed by atoms with E-state index in [0.29, 0.717) is 34.9 Å². The van der Waals surface area contributed by atoms with Crippen molar-refractivity contribution in [3.8, 4) is 22.8 Å². The molecular formula is C24H16N6O4RuS2. The van der Waals surface area contributed by atoms with Crippen LogP contribution < -0.4 is 0 Å². The van der Waals surface area contributed by atoms with Crippen molar-refractivity contribution in [3.05, 3.63) is 107 Å². The quantitative estimate of drug-likeness (QED) is 0.180. The first kappa shape index (κ1) is 29.0. The number of pyridine rings is 4. The number of thiocarbonyl (C=S) groups is 2. The topological polar surface area (TPSA) is 171 Å². The van der Waals surface area contributed by atoms with Gasteiger partial charge in [0.05, 0.1) is 36.6 Å². The van der Waals surface area contributed by atoms with Crippen molar-refractivity contribution >= 4 is 46.7 Å². The standard InChI is InChI=1S/2C11H8N2O2.2CNS.Ru/c2*14-11(15)8-4-6-13-10(7-8)9-3-1-2-5-12-9;2*2-1-3;/h2*1-7H,(H,14,15);;;/q;;2*-1;+2/i2*1T;;;. The second-order valence-corrected chi connectivity index (χ2v) is 6.30. The number of carboxylic acid groups (broad SMARTS) is 2. The molecule has 186 valence electrons. The molecule has 37 heavy (non-hydrogen) atoms. The summed E-state index contributed by atoms with van der Waals surface area (Å²) in [4.78, 5) is 37.6. The summed E-state index contributed by atoms with van der Waals surface area (Å²) >= 11 is 7.40. The number of isothiocyanates is 2. The molecule has 0 atom stereocenters. The minimum atomic E-state index is -1.01. The first-order valence-corrected chi connectivity index (χ1v) is 10.3. The molecule has 0 saturated heterocycles. The zero-order valence-corrected chi connectivity index (χ0v) is 21.9. The van der Waals surface area contributed by atoms with Crippen LogP contribution in [0.25, 0.3) is 33.6 Å². The summed E-state index contributed by atoms with van der Waals surface area (Å²) in [6.45, 7) is 0. The fraction of sp³-hybridized carbons (Fsp3) is 0. The van der Waals surface area contributed by atoms with Crippen LogP contribution >= 0.6 is 24.4 Å². The van der Waals surface area contributed by atoms with Gasteiger partial charge in [0.1, 0.15) is 0 Å². The van der Waals surface area contributed by atoms with Crippen LogP contribution in [0.15, 0.2) is 85.4 Å². The number of aromatic carboxylic acids is 2. The minimum Gasteiger partial charge on any atom is -0.753 e. The smallest absolute Gasteiger partial charge is 0.753 e. The maximum atomic E-state index is 10.8. The number of carboxylic acids is 2. The Labute approximate surface area is 238 Å². The number of carbonyl (C=O) groups is 2. The monoisotopic (exact) mass is 622 g/mol.